The Morgan fingerprint density at radius 1 is 1.12 bits per heavy atom. The molecule has 25 heavy (non-hydrogen) atoms. The number of anilines is 1. The highest BCUT2D eigenvalue weighted by molar-refractivity contribution is 7.92. The minimum atomic E-state index is -3.21. The van der Waals surface area contributed by atoms with Gasteiger partial charge >= 0.3 is 0 Å². The van der Waals surface area contributed by atoms with Gasteiger partial charge in [0.25, 0.3) is 0 Å². The molecule has 1 amide bonds. The molecule has 1 aliphatic carbocycles. The second-order valence-corrected chi connectivity index (χ2v) is 9.64. The van der Waals surface area contributed by atoms with Crippen LogP contribution in [0.4, 0.5) is 5.69 Å². The van der Waals surface area contributed by atoms with Crippen molar-refractivity contribution in [2.24, 2.45) is 5.92 Å². The molecule has 2 aliphatic rings. The van der Waals surface area contributed by atoms with Crippen LogP contribution in [-0.2, 0) is 14.6 Å². The molecule has 0 aromatic heterocycles. The van der Waals surface area contributed by atoms with Crippen LogP contribution in [0.3, 0.4) is 0 Å². The molecular weight excluding hydrogens is 336 g/mol. The molecule has 1 heterocycles. The number of rotatable bonds is 5. The molecule has 5 nitrogen and oxygen atoms in total. The Morgan fingerprint density at radius 3 is 2.44 bits per heavy atom. The zero-order chi connectivity index (χ0) is 17.9. The lowest BCUT2D eigenvalue weighted by Crippen LogP contribution is -2.41. The Hall–Kier alpha value is -1.56. The van der Waals surface area contributed by atoms with Gasteiger partial charge in [0.15, 0.2) is 9.84 Å². The summed E-state index contributed by atoms with van der Waals surface area (Å²) >= 11 is 0. The molecule has 1 saturated carbocycles. The highest BCUT2D eigenvalue weighted by Gasteiger charge is 2.30. The molecule has 6 heteroatoms. The number of nitrogens with one attached hydrogen (secondary N) is 1. The third kappa shape index (κ3) is 4.35. The predicted molar refractivity (Wildman–Crippen MR) is 99.4 cm³/mol. The molecule has 2 fully saturated rings. The first kappa shape index (κ1) is 18.2. The SMILES string of the molecule is C[C@@H]1CCCN(C(=O)CNc2ccc(S(=O)(=O)C3CCCC3)cc2)C1. The summed E-state index contributed by atoms with van der Waals surface area (Å²) in [6.07, 6.45) is 5.80. The maximum Gasteiger partial charge on any atom is 0.241 e. The zero-order valence-corrected chi connectivity index (χ0v) is 15.7. The smallest absolute Gasteiger partial charge is 0.241 e. The highest BCUT2D eigenvalue weighted by Crippen LogP contribution is 2.30. The molecule has 3 rings (SSSR count). The quantitative estimate of drug-likeness (QED) is 0.872. The van der Waals surface area contributed by atoms with Gasteiger partial charge in [-0.05, 0) is 55.9 Å². The van der Waals surface area contributed by atoms with Crippen LogP contribution < -0.4 is 5.32 Å². The number of carbonyl (C=O) groups excluding carboxylic acids is 1. The van der Waals surface area contributed by atoms with Crippen LogP contribution in [0.1, 0.15) is 45.4 Å². The topological polar surface area (TPSA) is 66.5 Å². The Bertz CT molecular complexity index is 694. The van der Waals surface area contributed by atoms with Gasteiger partial charge in [0, 0.05) is 18.8 Å². The van der Waals surface area contributed by atoms with Gasteiger partial charge in [-0.1, -0.05) is 19.8 Å². The lowest BCUT2D eigenvalue weighted by molar-refractivity contribution is -0.130. The standard InChI is InChI=1S/C19H28N2O3S/c1-15-5-4-12-21(14-15)19(22)13-20-16-8-10-18(11-9-16)25(23,24)17-6-2-3-7-17/h8-11,15,17,20H,2-7,12-14H2,1H3/t15-/m1/s1. The van der Waals surface area contributed by atoms with Crippen molar-refractivity contribution in [3.05, 3.63) is 24.3 Å². The summed E-state index contributed by atoms with van der Waals surface area (Å²) in [5, 5.41) is 2.89. The second kappa shape index (κ2) is 7.77. The number of sulfone groups is 1. The molecule has 1 atom stereocenters. The van der Waals surface area contributed by atoms with Gasteiger partial charge < -0.3 is 10.2 Å². The molecule has 0 unspecified atom stereocenters. The largest absolute Gasteiger partial charge is 0.376 e. The molecular formula is C19H28N2O3S. The fourth-order valence-electron chi connectivity index (χ4n) is 3.86. The van der Waals surface area contributed by atoms with Gasteiger partial charge in [-0.25, -0.2) is 8.42 Å². The van der Waals surface area contributed by atoms with E-state index in [4.69, 9.17) is 0 Å². The van der Waals surface area contributed by atoms with Crippen molar-refractivity contribution in [3.63, 3.8) is 0 Å². The van der Waals surface area contributed by atoms with Gasteiger partial charge in [0.05, 0.1) is 16.7 Å². The van der Waals surface area contributed by atoms with E-state index in [1.54, 1.807) is 24.3 Å². The van der Waals surface area contributed by atoms with E-state index in [-0.39, 0.29) is 17.7 Å². The normalized spacial score (nSPS) is 22.1. The Balaban J connectivity index is 1.56. The second-order valence-electron chi connectivity index (χ2n) is 7.42. The Labute approximate surface area is 150 Å². The Morgan fingerprint density at radius 2 is 1.80 bits per heavy atom. The molecule has 0 bridgehead atoms. The summed E-state index contributed by atoms with van der Waals surface area (Å²) in [7, 11) is -3.21. The number of hydrogen-bond acceptors (Lipinski definition) is 4. The van der Waals surface area contributed by atoms with Crippen molar-refractivity contribution >= 4 is 21.4 Å². The van der Waals surface area contributed by atoms with Crippen molar-refractivity contribution in [2.75, 3.05) is 25.0 Å². The number of benzene rings is 1. The molecule has 138 valence electrons. The molecule has 0 spiro atoms. The van der Waals surface area contributed by atoms with Gasteiger partial charge in [0.1, 0.15) is 0 Å². The number of likely N-dealkylation sites (tertiary alicyclic amines) is 1. The van der Waals surface area contributed by atoms with Gasteiger partial charge in [0.2, 0.25) is 5.91 Å². The summed E-state index contributed by atoms with van der Waals surface area (Å²) in [4.78, 5) is 14.6. The van der Waals surface area contributed by atoms with Crippen molar-refractivity contribution in [1.82, 2.24) is 4.90 Å². The van der Waals surface area contributed by atoms with Crippen LogP contribution in [0.15, 0.2) is 29.2 Å². The average Bonchev–Trinajstić information content (AvgIpc) is 3.15. The van der Waals surface area contributed by atoms with Crippen molar-refractivity contribution < 1.29 is 13.2 Å². The van der Waals surface area contributed by atoms with E-state index in [0.29, 0.717) is 10.8 Å². The predicted octanol–water partition coefficient (Wildman–Crippen LogP) is 3.07. The number of nitrogens with zero attached hydrogens (tertiary/aromatic N) is 1. The fourth-order valence-corrected chi connectivity index (χ4v) is 5.71. The summed E-state index contributed by atoms with van der Waals surface area (Å²) in [5.41, 5.74) is 0.781. The first-order valence-electron chi connectivity index (χ1n) is 9.32. The molecule has 1 N–H and O–H groups in total. The number of carbonyl (C=O) groups is 1. The van der Waals surface area contributed by atoms with E-state index in [2.05, 4.69) is 12.2 Å². The summed E-state index contributed by atoms with van der Waals surface area (Å²) in [6, 6.07) is 6.83. The third-order valence-electron chi connectivity index (χ3n) is 5.38. The summed E-state index contributed by atoms with van der Waals surface area (Å²) < 4.78 is 25.1. The number of hydrogen-bond donors (Lipinski definition) is 1. The lowest BCUT2D eigenvalue weighted by Gasteiger charge is -2.31. The first-order chi connectivity index (χ1) is 12.0. The molecule has 1 aromatic carbocycles. The van der Waals surface area contributed by atoms with Gasteiger partial charge in [-0.3, -0.25) is 4.79 Å². The minimum absolute atomic E-state index is 0.106. The van der Waals surface area contributed by atoms with Gasteiger partial charge in [-0.2, -0.15) is 0 Å². The first-order valence-corrected chi connectivity index (χ1v) is 10.9. The zero-order valence-electron chi connectivity index (χ0n) is 14.9. The number of piperidine rings is 1. The number of amides is 1. The molecule has 1 aliphatic heterocycles. The maximum atomic E-state index is 12.6. The van der Waals surface area contributed by atoms with E-state index >= 15 is 0 Å². The lowest BCUT2D eigenvalue weighted by atomic mass is 10.0. The van der Waals surface area contributed by atoms with E-state index in [9.17, 15) is 13.2 Å². The Kier molecular flexibility index (Phi) is 5.67. The summed E-state index contributed by atoms with van der Waals surface area (Å²) in [6.45, 7) is 4.10. The van der Waals surface area contributed by atoms with Crippen molar-refractivity contribution in [3.8, 4) is 0 Å². The molecule has 1 saturated heterocycles. The van der Waals surface area contributed by atoms with Crippen LogP contribution >= 0.6 is 0 Å². The van der Waals surface area contributed by atoms with Crippen LogP contribution in [0.25, 0.3) is 0 Å². The monoisotopic (exact) mass is 364 g/mol. The van der Waals surface area contributed by atoms with Crippen LogP contribution in [0.5, 0.6) is 0 Å². The third-order valence-corrected chi connectivity index (χ3v) is 7.66. The van der Waals surface area contributed by atoms with Crippen molar-refractivity contribution in [1.29, 1.82) is 0 Å². The van der Waals surface area contributed by atoms with Crippen molar-refractivity contribution in [2.45, 2.75) is 55.6 Å². The highest BCUT2D eigenvalue weighted by atomic mass is 32.2. The van der Waals surface area contributed by atoms with Crippen LogP contribution in [0.2, 0.25) is 0 Å². The molecule has 1 aromatic rings. The maximum absolute atomic E-state index is 12.6. The van der Waals surface area contributed by atoms with Crippen LogP contribution in [0, 0.1) is 5.92 Å². The van der Waals surface area contributed by atoms with Gasteiger partial charge in [-0.15, -0.1) is 0 Å². The fraction of sp³-hybridized carbons (Fsp3) is 0.632. The molecule has 0 radical (unpaired) electrons. The van der Waals surface area contributed by atoms with E-state index in [0.717, 1.165) is 50.9 Å². The average molecular weight is 365 g/mol. The summed E-state index contributed by atoms with van der Waals surface area (Å²) in [5.74, 6) is 0.673. The minimum Gasteiger partial charge on any atom is -0.376 e. The van der Waals surface area contributed by atoms with E-state index in [1.165, 1.54) is 6.42 Å². The van der Waals surface area contributed by atoms with E-state index in [1.807, 2.05) is 4.90 Å². The van der Waals surface area contributed by atoms with Crippen LogP contribution in [-0.4, -0.2) is 44.1 Å². The van der Waals surface area contributed by atoms with E-state index < -0.39 is 9.84 Å².